The highest BCUT2D eigenvalue weighted by molar-refractivity contribution is 7.22. The fraction of sp³-hybridized carbons (Fsp3) is 0.318. The van der Waals surface area contributed by atoms with Crippen LogP contribution in [0.25, 0.3) is 21.6 Å². The van der Waals surface area contributed by atoms with Crippen LogP contribution in [0.1, 0.15) is 25.3 Å². The lowest BCUT2D eigenvalue weighted by atomic mass is 10.1. The van der Waals surface area contributed by atoms with Gasteiger partial charge in [0, 0.05) is 18.7 Å². The van der Waals surface area contributed by atoms with E-state index in [0.717, 1.165) is 59.0 Å². The van der Waals surface area contributed by atoms with Gasteiger partial charge in [-0.15, -0.1) is 0 Å². The highest BCUT2D eigenvalue weighted by atomic mass is 32.1. The molecule has 0 saturated carbocycles. The molecule has 0 radical (unpaired) electrons. The van der Waals surface area contributed by atoms with E-state index in [1.54, 1.807) is 18.4 Å². The third kappa shape index (κ3) is 4.54. The van der Waals surface area contributed by atoms with Crippen molar-refractivity contribution in [1.29, 1.82) is 0 Å². The predicted molar refractivity (Wildman–Crippen MR) is 120 cm³/mol. The van der Waals surface area contributed by atoms with Crippen LogP contribution in [-0.2, 0) is 6.42 Å². The number of rotatable bonds is 9. The van der Waals surface area contributed by atoms with E-state index in [0.29, 0.717) is 5.82 Å². The minimum absolute atomic E-state index is 0.445. The number of nitrogens with zero attached hydrogens (tertiary/aromatic N) is 3. The summed E-state index contributed by atoms with van der Waals surface area (Å²) in [6.07, 6.45) is 3.16. The average molecular weight is 425 g/mol. The molecule has 0 aliphatic rings. The summed E-state index contributed by atoms with van der Waals surface area (Å²) >= 11 is 1.70. The fourth-order valence-corrected chi connectivity index (χ4v) is 4.30. The molecule has 0 aliphatic heterocycles. The minimum Gasteiger partial charge on any atom is -0.497 e. The molecule has 0 bridgehead atoms. The molecule has 0 saturated heterocycles. The molecule has 0 atom stereocenters. The number of nitrogens with one attached hydrogen (secondary N) is 1. The van der Waals surface area contributed by atoms with Crippen molar-refractivity contribution in [3.05, 3.63) is 58.6 Å². The zero-order valence-corrected chi connectivity index (χ0v) is 17.9. The Kier molecular flexibility index (Phi) is 6.13. The van der Waals surface area contributed by atoms with Crippen LogP contribution in [0.2, 0.25) is 0 Å². The Labute approximate surface area is 178 Å². The maximum atomic E-state index is 11.1. The van der Waals surface area contributed by atoms with E-state index in [9.17, 15) is 4.79 Å². The van der Waals surface area contributed by atoms with Crippen molar-refractivity contribution in [2.24, 2.45) is 0 Å². The number of H-pyrrole nitrogens is 1. The molecule has 0 unspecified atom stereocenters. The van der Waals surface area contributed by atoms with Gasteiger partial charge in [0.25, 0.3) is 0 Å². The van der Waals surface area contributed by atoms with Crippen LogP contribution >= 0.6 is 11.3 Å². The number of fused-ring (bicyclic) bond motifs is 1. The quantitative estimate of drug-likeness (QED) is 0.426. The molecule has 2 aromatic heterocycles. The highest BCUT2D eigenvalue weighted by Gasteiger charge is 2.13. The van der Waals surface area contributed by atoms with Crippen LogP contribution in [0.3, 0.4) is 0 Å². The van der Waals surface area contributed by atoms with Gasteiger partial charge in [0.15, 0.2) is 11.0 Å². The first-order chi connectivity index (χ1) is 14.7. The van der Waals surface area contributed by atoms with Gasteiger partial charge in [-0.1, -0.05) is 54.1 Å². The first-order valence-electron chi connectivity index (χ1n) is 10.0. The van der Waals surface area contributed by atoms with Gasteiger partial charge in [-0.05, 0) is 36.6 Å². The maximum Gasteiger partial charge on any atom is 0.439 e. The Bertz CT molecular complexity index is 1160. The smallest absolute Gasteiger partial charge is 0.439 e. The summed E-state index contributed by atoms with van der Waals surface area (Å²) < 4.78 is 11.0. The molecule has 156 valence electrons. The van der Waals surface area contributed by atoms with Gasteiger partial charge in [-0.25, -0.2) is 9.78 Å². The molecule has 7 nitrogen and oxygen atoms in total. The number of benzene rings is 2. The average Bonchev–Trinajstić information content (AvgIpc) is 3.39. The van der Waals surface area contributed by atoms with Crippen molar-refractivity contribution in [3.8, 4) is 17.1 Å². The van der Waals surface area contributed by atoms with Crippen molar-refractivity contribution in [3.63, 3.8) is 0 Å². The third-order valence-corrected chi connectivity index (χ3v) is 6.05. The summed E-state index contributed by atoms with van der Waals surface area (Å²) in [5.74, 6) is 0.751. The van der Waals surface area contributed by atoms with E-state index >= 15 is 0 Å². The molecule has 30 heavy (non-hydrogen) atoms. The van der Waals surface area contributed by atoms with E-state index in [4.69, 9.17) is 9.72 Å². The minimum atomic E-state index is -0.547. The Morgan fingerprint density at radius 3 is 2.70 bits per heavy atom. The Hall–Kier alpha value is -3.13. The van der Waals surface area contributed by atoms with Gasteiger partial charge in [-0.2, -0.15) is 0 Å². The molecule has 2 aromatic carbocycles. The van der Waals surface area contributed by atoms with E-state index in [2.05, 4.69) is 38.6 Å². The molecule has 4 aromatic rings. The lowest BCUT2D eigenvalue weighted by Gasteiger charge is -2.21. The molecule has 0 aliphatic carbocycles. The summed E-state index contributed by atoms with van der Waals surface area (Å²) in [7, 11) is 1.68. The zero-order chi connectivity index (χ0) is 20.9. The lowest BCUT2D eigenvalue weighted by molar-refractivity contribution is 0.388. The van der Waals surface area contributed by atoms with Gasteiger partial charge in [0.2, 0.25) is 0 Å². The number of thiazole rings is 1. The summed E-state index contributed by atoms with van der Waals surface area (Å²) in [6, 6.07) is 14.0. The second kappa shape index (κ2) is 9.13. The van der Waals surface area contributed by atoms with Gasteiger partial charge in [-0.3, -0.25) is 9.51 Å². The second-order valence-electron chi connectivity index (χ2n) is 7.06. The van der Waals surface area contributed by atoms with Crippen LogP contribution in [0.4, 0.5) is 5.13 Å². The molecule has 0 fully saturated rings. The largest absolute Gasteiger partial charge is 0.497 e. The van der Waals surface area contributed by atoms with E-state index < -0.39 is 5.76 Å². The SMILES string of the molecule is CCCCN(CCc1ccc(-c2noc(=O)[nH]2)cc1)c1nc2ccc(OC)cc2s1. The van der Waals surface area contributed by atoms with Gasteiger partial charge in [0.1, 0.15) is 5.75 Å². The highest BCUT2D eigenvalue weighted by Crippen LogP contribution is 2.31. The summed E-state index contributed by atoms with van der Waals surface area (Å²) in [4.78, 5) is 20.9. The Morgan fingerprint density at radius 1 is 1.17 bits per heavy atom. The maximum absolute atomic E-state index is 11.1. The van der Waals surface area contributed by atoms with Gasteiger partial charge < -0.3 is 9.64 Å². The van der Waals surface area contributed by atoms with E-state index in [1.807, 2.05) is 30.3 Å². The van der Waals surface area contributed by atoms with Crippen molar-refractivity contribution in [2.45, 2.75) is 26.2 Å². The van der Waals surface area contributed by atoms with Gasteiger partial charge in [0.05, 0.1) is 17.3 Å². The van der Waals surface area contributed by atoms with Crippen molar-refractivity contribution in [1.82, 2.24) is 15.1 Å². The summed E-state index contributed by atoms with van der Waals surface area (Å²) in [5, 5.41) is 4.77. The van der Waals surface area contributed by atoms with Crippen LogP contribution in [0, 0.1) is 0 Å². The predicted octanol–water partition coefficient (Wildman–Crippen LogP) is 4.50. The first-order valence-corrected chi connectivity index (χ1v) is 10.8. The number of hydrogen-bond donors (Lipinski definition) is 1. The number of methoxy groups -OCH3 is 1. The van der Waals surface area contributed by atoms with Crippen LogP contribution in [0.5, 0.6) is 5.75 Å². The molecule has 8 heteroatoms. The molecule has 1 N–H and O–H groups in total. The second-order valence-corrected chi connectivity index (χ2v) is 8.07. The number of hydrogen-bond acceptors (Lipinski definition) is 7. The van der Waals surface area contributed by atoms with E-state index in [1.165, 1.54) is 5.56 Å². The first kappa shape index (κ1) is 20.2. The monoisotopic (exact) mass is 424 g/mol. The number of aromatic nitrogens is 3. The van der Waals surface area contributed by atoms with Crippen LogP contribution < -0.4 is 15.4 Å². The number of unbranched alkanes of at least 4 members (excludes halogenated alkanes) is 1. The third-order valence-electron chi connectivity index (χ3n) is 4.97. The van der Waals surface area contributed by atoms with Crippen LogP contribution in [0.15, 0.2) is 51.8 Å². The number of anilines is 1. The topological polar surface area (TPSA) is 84.3 Å². The molecular formula is C22H24N4O3S. The zero-order valence-electron chi connectivity index (χ0n) is 17.1. The molecular weight excluding hydrogens is 400 g/mol. The standard InChI is InChI=1S/C22H24N4O3S/c1-3-4-12-26(21-23-18-10-9-17(28-2)14-19(18)30-21)13-11-15-5-7-16(8-6-15)20-24-22(27)29-25-20/h5-10,14H,3-4,11-13H2,1-2H3,(H,24,25,27). The number of ether oxygens (including phenoxy) is 1. The molecule has 0 amide bonds. The van der Waals surface area contributed by atoms with E-state index in [-0.39, 0.29) is 0 Å². The lowest BCUT2D eigenvalue weighted by Crippen LogP contribution is -2.26. The molecule has 2 heterocycles. The normalized spacial score (nSPS) is 11.1. The fourth-order valence-electron chi connectivity index (χ4n) is 3.25. The Balaban J connectivity index is 1.48. The Morgan fingerprint density at radius 2 is 2.00 bits per heavy atom. The molecule has 4 rings (SSSR count). The summed E-state index contributed by atoms with van der Waals surface area (Å²) in [5.41, 5.74) is 3.05. The van der Waals surface area contributed by atoms with Crippen molar-refractivity contribution < 1.29 is 9.26 Å². The van der Waals surface area contributed by atoms with Gasteiger partial charge >= 0.3 is 5.76 Å². The van der Waals surface area contributed by atoms with Crippen molar-refractivity contribution >= 4 is 26.7 Å². The number of aromatic amines is 1. The van der Waals surface area contributed by atoms with Crippen molar-refractivity contribution in [2.75, 3.05) is 25.1 Å². The summed E-state index contributed by atoms with van der Waals surface area (Å²) in [6.45, 7) is 4.07. The molecule has 0 spiro atoms. The van der Waals surface area contributed by atoms with Crippen LogP contribution in [-0.4, -0.2) is 35.3 Å².